The van der Waals surface area contributed by atoms with Gasteiger partial charge in [-0.25, -0.2) is 0 Å². The van der Waals surface area contributed by atoms with Crippen LogP contribution >= 0.6 is 35.0 Å². The van der Waals surface area contributed by atoms with Crippen molar-refractivity contribution in [3.05, 3.63) is 136 Å². The molecule has 0 atom stereocenters. The molecule has 0 aliphatic heterocycles. The molecule has 0 radical (unpaired) electrons. The zero-order chi connectivity index (χ0) is 26.9. The predicted molar refractivity (Wildman–Crippen MR) is 155 cm³/mol. The topological polar surface area (TPSA) is 75.3 Å². The van der Waals surface area contributed by atoms with Crippen molar-refractivity contribution in [1.29, 1.82) is 0 Å². The van der Waals surface area contributed by atoms with Gasteiger partial charge in [0.2, 0.25) is 0 Å². The van der Waals surface area contributed by atoms with Gasteiger partial charge in [-0.3, -0.25) is 14.4 Å². The van der Waals surface area contributed by atoms with Crippen LogP contribution in [0, 0.1) is 0 Å². The molecule has 5 nitrogen and oxygen atoms in total. The van der Waals surface area contributed by atoms with Crippen LogP contribution < -0.4 is 10.6 Å². The Balaban J connectivity index is 1.50. The van der Waals surface area contributed by atoms with Crippen LogP contribution in [0.4, 0.5) is 5.69 Å². The van der Waals surface area contributed by atoms with E-state index in [1.54, 1.807) is 103 Å². The Labute approximate surface area is 234 Å². The number of halogens is 2. The summed E-state index contributed by atoms with van der Waals surface area (Å²) in [6.45, 7) is 0. The molecule has 0 heterocycles. The second-order valence-electron chi connectivity index (χ2n) is 8.11. The van der Waals surface area contributed by atoms with Gasteiger partial charge in [0.15, 0.2) is 5.78 Å². The van der Waals surface area contributed by atoms with Gasteiger partial charge >= 0.3 is 0 Å². The molecule has 0 saturated carbocycles. The lowest BCUT2D eigenvalue weighted by atomic mass is 10.1. The fraction of sp³-hybridized carbons (Fsp3) is 0.0333. The largest absolute Gasteiger partial charge is 0.321 e. The van der Waals surface area contributed by atoms with Gasteiger partial charge in [-0.1, -0.05) is 71.7 Å². The minimum absolute atomic E-state index is 0.0491. The molecule has 0 fully saturated rings. The highest BCUT2D eigenvalue weighted by Gasteiger charge is 2.16. The Bertz CT molecular complexity index is 1510. The summed E-state index contributed by atoms with van der Waals surface area (Å²) >= 11 is 13.6. The van der Waals surface area contributed by atoms with E-state index in [0.717, 1.165) is 4.90 Å². The number of carbonyl (C=O) groups is 3. The van der Waals surface area contributed by atoms with E-state index in [2.05, 4.69) is 10.6 Å². The van der Waals surface area contributed by atoms with Crippen molar-refractivity contribution in [2.45, 2.75) is 4.90 Å². The normalized spacial score (nSPS) is 11.1. The highest BCUT2D eigenvalue weighted by atomic mass is 35.5. The SMILES string of the molecule is O=C(Nc1cccc(SCC(=O)c2ccccc2Cl)c1)/C(=C/c1cccc(Cl)c1)NC(=O)c1ccccc1. The summed E-state index contributed by atoms with van der Waals surface area (Å²) in [5.41, 5.74) is 2.09. The molecule has 8 heteroatoms. The smallest absolute Gasteiger partial charge is 0.272 e. The standard InChI is InChI=1S/C30H22Cl2N2O3S/c31-22-11-6-8-20(16-22)17-27(34-29(36)21-9-2-1-3-10-21)30(37)33-23-12-7-13-24(18-23)38-19-28(35)25-14-4-5-15-26(25)32/h1-18H,19H2,(H,33,37)(H,34,36)/b27-17-. The van der Waals surface area contributed by atoms with Gasteiger partial charge in [0.1, 0.15) is 5.70 Å². The molecule has 0 aromatic heterocycles. The minimum Gasteiger partial charge on any atom is -0.321 e. The van der Waals surface area contributed by atoms with E-state index in [9.17, 15) is 14.4 Å². The molecule has 4 aromatic rings. The molecule has 38 heavy (non-hydrogen) atoms. The van der Waals surface area contributed by atoms with E-state index in [0.29, 0.717) is 32.4 Å². The molecule has 0 spiro atoms. The van der Waals surface area contributed by atoms with Crippen molar-refractivity contribution >= 4 is 64.3 Å². The average molecular weight is 561 g/mol. The number of ketones is 1. The van der Waals surface area contributed by atoms with Crippen LogP contribution in [0.3, 0.4) is 0 Å². The number of hydrogen-bond acceptors (Lipinski definition) is 4. The molecule has 4 aromatic carbocycles. The first-order valence-corrected chi connectivity index (χ1v) is 13.3. The number of hydrogen-bond donors (Lipinski definition) is 2. The summed E-state index contributed by atoms with van der Waals surface area (Å²) in [5.74, 6) is -0.834. The second kappa shape index (κ2) is 13.1. The first-order valence-electron chi connectivity index (χ1n) is 11.5. The maximum absolute atomic E-state index is 13.3. The fourth-order valence-corrected chi connectivity index (χ4v) is 4.76. The highest BCUT2D eigenvalue weighted by molar-refractivity contribution is 8.00. The average Bonchev–Trinajstić information content (AvgIpc) is 2.92. The Hall–Kier alpha value is -3.84. The zero-order valence-corrected chi connectivity index (χ0v) is 22.3. The van der Waals surface area contributed by atoms with Gasteiger partial charge in [-0.2, -0.15) is 0 Å². The number of thioether (sulfide) groups is 1. The lowest BCUT2D eigenvalue weighted by Gasteiger charge is -2.12. The molecular weight excluding hydrogens is 539 g/mol. The molecule has 2 amide bonds. The van der Waals surface area contributed by atoms with E-state index in [4.69, 9.17) is 23.2 Å². The molecule has 0 bridgehead atoms. The maximum atomic E-state index is 13.3. The summed E-state index contributed by atoms with van der Waals surface area (Å²) in [4.78, 5) is 39.4. The van der Waals surface area contributed by atoms with Crippen molar-refractivity contribution in [3.63, 3.8) is 0 Å². The lowest BCUT2D eigenvalue weighted by Crippen LogP contribution is -2.30. The van der Waals surface area contributed by atoms with E-state index in [-0.39, 0.29) is 17.2 Å². The van der Waals surface area contributed by atoms with Gasteiger partial charge in [0.25, 0.3) is 11.8 Å². The molecule has 190 valence electrons. The van der Waals surface area contributed by atoms with Crippen LogP contribution in [0.15, 0.2) is 114 Å². The minimum atomic E-state index is -0.511. The quantitative estimate of drug-likeness (QED) is 0.127. The fourth-order valence-electron chi connectivity index (χ4n) is 3.48. The highest BCUT2D eigenvalue weighted by Crippen LogP contribution is 2.25. The van der Waals surface area contributed by atoms with E-state index in [1.165, 1.54) is 11.8 Å². The Morgan fingerprint density at radius 1 is 0.789 bits per heavy atom. The number of rotatable bonds is 9. The van der Waals surface area contributed by atoms with E-state index >= 15 is 0 Å². The number of benzene rings is 4. The number of anilines is 1. The van der Waals surface area contributed by atoms with Crippen molar-refractivity contribution in [2.75, 3.05) is 11.1 Å². The molecule has 0 aliphatic carbocycles. The molecule has 4 rings (SSSR count). The van der Waals surface area contributed by atoms with E-state index in [1.807, 2.05) is 6.07 Å². The first kappa shape index (κ1) is 27.2. The van der Waals surface area contributed by atoms with Gasteiger partial charge in [0.05, 0.1) is 10.8 Å². The van der Waals surface area contributed by atoms with Gasteiger partial charge < -0.3 is 10.6 Å². The van der Waals surface area contributed by atoms with Crippen molar-refractivity contribution in [3.8, 4) is 0 Å². The molecule has 2 N–H and O–H groups in total. The van der Waals surface area contributed by atoms with Gasteiger partial charge in [-0.15, -0.1) is 11.8 Å². The van der Waals surface area contributed by atoms with Crippen molar-refractivity contribution in [2.24, 2.45) is 0 Å². The molecule has 0 aliphatic rings. The first-order chi connectivity index (χ1) is 18.4. The number of Topliss-reactive ketones (excluding diaryl/α,β-unsaturated/α-hetero) is 1. The van der Waals surface area contributed by atoms with Crippen LogP contribution in [0.5, 0.6) is 0 Å². The third-order valence-electron chi connectivity index (χ3n) is 5.32. The van der Waals surface area contributed by atoms with Crippen LogP contribution in [-0.4, -0.2) is 23.4 Å². The Morgan fingerprint density at radius 2 is 1.53 bits per heavy atom. The monoisotopic (exact) mass is 560 g/mol. The van der Waals surface area contributed by atoms with E-state index < -0.39 is 11.8 Å². The van der Waals surface area contributed by atoms with Crippen LogP contribution in [0.25, 0.3) is 6.08 Å². The third-order valence-corrected chi connectivity index (χ3v) is 6.88. The molecule has 0 saturated heterocycles. The number of carbonyl (C=O) groups excluding carboxylic acids is 3. The van der Waals surface area contributed by atoms with Crippen LogP contribution in [0.2, 0.25) is 10.0 Å². The Morgan fingerprint density at radius 3 is 2.29 bits per heavy atom. The molecule has 0 unspecified atom stereocenters. The molecular formula is C30H22Cl2N2O3S. The van der Waals surface area contributed by atoms with Crippen molar-refractivity contribution < 1.29 is 14.4 Å². The summed E-state index contributed by atoms with van der Waals surface area (Å²) in [6, 6.07) is 29.6. The maximum Gasteiger partial charge on any atom is 0.272 e. The summed E-state index contributed by atoms with van der Waals surface area (Å²) in [5, 5.41) is 6.45. The zero-order valence-electron chi connectivity index (χ0n) is 20.0. The lowest BCUT2D eigenvalue weighted by molar-refractivity contribution is -0.113. The predicted octanol–water partition coefficient (Wildman–Crippen LogP) is 7.38. The summed E-state index contributed by atoms with van der Waals surface area (Å²) in [6.07, 6.45) is 1.56. The Kier molecular flexibility index (Phi) is 9.38. The summed E-state index contributed by atoms with van der Waals surface area (Å²) < 4.78 is 0. The number of amides is 2. The number of nitrogens with one attached hydrogen (secondary N) is 2. The summed E-state index contributed by atoms with van der Waals surface area (Å²) in [7, 11) is 0. The third kappa shape index (κ3) is 7.59. The van der Waals surface area contributed by atoms with Gasteiger partial charge in [-0.05, 0) is 66.2 Å². The van der Waals surface area contributed by atoms with Crippen molar-refractivity contribution in [1.82, 2.24) is 5.32 Å². The van der Waals surface area contributed by atoms with Gasteiger partial charge in [0, 0.05) is 26.7 Å². The second-order valence-corrected chi connectivity index (χ2v) is 10.00. The van der Waals surface area contributed by atoms with Crippen LogP contribution in [0.1, 0.15) is 26.3 Å². The van der Waals surface area contributed by atoms with Crippen LogP contribution in [-0.2, 0) is 4.79 Å².